The van der Waals surface area contributed by atoms with Crippen molar-refractivity contribution in [1.29, 1.82) is 0 Å². The Morgan fingerprint density at radius 2 is 1.14 bits per heavy atom. The van der Waals surface area contributed by atoms with E-state index in [1.54, 1.807) is 0 Å². The molecule has 0 rings (SSSR count). The first-order valence-electron chi connectivity index (χ1n) is 0.783. The van der Waals surface area contributed by atoms with Gasteiger partial charge in [0, 0.05) is 0 Å². The first-order chi connectivity index (χ1) is 2.00. The van der Waals surface area contributed by atoms with Crippen LogP contribution in [0.4, 0.5) is 0 Å². The average Bonchev–Trinajstić information content (AvgIpc) is 0.722. The van der Waals surface area contributed by atoms with Gasteiger partial charge in [0.15, 0.2) is 0 Å². The van der Waals surface area contributed by atoms with E-state index in [4.69, 9.17) is 19.2 Å². The number of hydrogen-bond acceptors (Lipinski definition) is 1. The molecule has 0 aliphatic rings. The van der Waals surface area contributed by atoms with E-state index in [9.17, 15) is 0 Å². The Hall–Kier alpha value is 2.39. The van der Waals surface area contributed by atoms with Gasteiger partial charge in [-0.3, -0.25) is 0 Å². The van der Waals surface area contributed by atoms with Crippen LogP contribution in [0, 0.1) is 0 Å². The van der Waals surface area contributed by atoms with E-state index >= 15 is 0 Å². The molecule has 0 bridgehead atoms. The summed E-state index contributed by atoms with van der Waals surface area (Å²) in [6, 6.07) is 0. The molecule has 4 nitrogen and oxygen atoms in total. The van der Waals surface area contributed by atoms with Crippen LogP contribution in [0.2, 0.25) is 0 Å². The van der Waals surface area contributed by atoms with Crippen molar-refractivity contribution in [3.05, 3.63) is 0 Å². The summed E-state index contributed by atoms with van der Waals surface area (Å²) in [5.41, 5.74) is 0. The Labute approximate surface area is 94.8 Å². The predicted octanol–water partition coefficient (Wildman–Crippen LogP) is -2.76. The molecular weight excluding hydrogens is 301 g/mol. The van der Waals surface area contributed by atoms with Crippen LogP contribution in [0.15, 0.2) is 0 Å². The third-order valence-electron chi connectivity index (χ3n) is 0. The van der Waals surface area contributed by atoms with Crippen LogP contribution < -0.4 is 0 Å². The van der Waals surface area contributed by atoms with Crippen LogP contribution in [-0.4, -0.2) is 84.1 Å². The summed E-state index contributed by atoms with van der Waals surface area (Å²) in [5.74, 6) is 0. The van der Waals surface area contributed by atoms with Crippen molar-refractivity contribution in [1.82, 2.24) is 0 Å². The molecule has 0 atom stereocenters. The second-order valence-electron chi connectivity index (χ2n) is 0.513. The van der Waals surface area contributed by atoms with Crippen molar-refractivity contribution in [3.63, 3.8) is 0 Å². The van der Waals surface area contributed by atoms with Gasteiger partial charge in [0.05, 0.1) is 0 Å². The van der Waals surface area contributed by atoms with Gasteiger partial charge in [0.25, 0.3) is 0 Å². The maximum atomic E-state index is 8.88. The average molecular weight is 308 g/mol. The summed E-state index contributed by atoms with van der Waals surface area (Å²) < 4.78 is 8.88. The molecule has 3 N–H and O–H groups in total. The van der Waals surface area contributed by atoms with Crippen molar-refractivity contribution in [2.24, 2.45) is 0 Å². The van der Waals surface area contributed by atoms with Crippen LogP contribution in [0.25, 0.3) is 0 Å². The van der Waals surface area contributed by atoms with E-state index in [1.165, 1.54) is 0 Å². The number of phosphoric acid groups is 1. The second-order valence-corrected chi connectivity index (χ2v) is 1.54. The summed E-state index contributed by atoms with van der Waals surface area (Å²) in [4.78, 5) is 21.6. The standard InChI is InChI=1S/H3O4P.Sn.Sr.4H/c1-5(2,3)4;;;;;;/h(H3,1,2,3,4);;;;;;. The molecule has 42 valence electrons. The Balaban J connectivity index is -0.0000000800. The normalized spacial score (nSPS) is 8.43. The van der Waals surface area contributed by atoms with Crippen LogP contribution in [0.3, 0.4) is 0 Å². The summed E-state index contributed by atoms with van der Waals surface area (Å²) in [5, 5.41) is 0. The summed E-state index contributed by atoms with van der Waals surface area (Å²) >= 11 is 0. The van der Waals surface area contributed by atoms with Gasteiger partial charge in [0.1, 0.15) is 0 Å². The molecule has 0 aliphatic carbocycles. The monoisotopic (exact) mass is 310 g/mol. The molecule has 2 radical (unpaired) electrons. The van der Waals surface area contributed by atoms with Crippen LogP contribution in [-0.2, 0) is 4.57 Å². The Kier molecular flexibility index (Phi) is 15.1. The molecule has 0 aromatic carbocycles. The quantitative estimate of drug-likeness (QED) is 0.335. The third kappa shape index (κ3) is 60.0. The van der Waals surface area contributed by atoms with E-state index in [0.717, 1.165) is 0 Å². The molecule has 7 heteroatoms. The van der Waals surface area contributed by atoms with Gasteiger partial charge < -0.3 is 14.7 Å². The Morgan fingerprint density at radius 3 is 1.14 bits per heavy atom. The molecule has 0 saturated heterocycles. The molecular formula is H7O4PSnSr. The molecule has 0 aromatic heterocycles. The molecule has 0 amide bonds. The Morgan fingerprint density at radius 1 is 1.14 bits per heavy atom. The Bertz CT molecular complexity index is 57.8. The fraction of sp³-hybridized carbons (Fsp3) is 0. The van der Waals surface area contributed by atoms with Crippen LogP contribution >= 0.6 is 7.82 Å². The van der Waals surface area contributed by atoms with Gasteiger partial charge >= 0.3 is 77.2 Å². The van der Waals surface area contributed by atoms with Gasteiger partial charge in [-0.2, -0.15) is 0 Å². The molecule has 0 heterocycles. The minimum atomic E-state index is -4.64. The van der Waals surface area contributed by atoms with Crippen LogP contribution in [0.5, 0.6) is 0 Å². The zero-order chi connectivity index (χ0) is 4.50. The zero-order valence-corrected chi connectivity index (χ0v) is 7.83. The van der Waals surface area contributed by atoms with Crippen molar-refractivity contribution >= 4 is 77.2 Å². The van der Waals surface area contributed by atoms with E-state index < -0.39 is 7.82 Å². The molecule has 0 saturated carbocycles. The summed E-state index contributed by atoms with van der Waals surface area (Å²) in [6.07, 6.45) is 0. The van der Waals surface area contributed by atoms with E-state index in [2.05, 4.69) is 0 Å². The SMILES string of the molecule is O=P(O)(O)O.[SnH2].[SrH2]. The van der Waals surface area contributed by atoms with Gasteiger partial charge in [0.2, 0.25) is 0 Å². The molecule has 7 heavy (non-hydrogen) atoms. The fourth-order valence-corrected chi connectivity index (χ4v) is 0. The second kappa shape index (κ2) is 6.51. The maximum absolute atomic E-state index is 8.88. The predicted molar refractivity (Wildman–Crippen MR) is 31.4 cm³/mol. The third-order valence-corrected chi connectivity index (χ3v) is 0. The van der Waals surface area contributed by atoms with Crippen molar-refractivity contribution in [3.8, 4) is 0 Å². The van der Waals surface area contributed by atoms with Gasteiger partial charge in [-0.05, 0) is 0 Å². The molecule has 0 unspecified atom stereocenters. The number of hydrogen-bond donors (Lipinski definition) is 3. The van der Waals surface area contributed by atoms with E-state index in [0.29, 0.717) is 0 Å². The molecule has 0 aliphatic heterocycles. The van der Waals surface area contributed by atoms with E-state index in [1.807, 2.05) is 0 Å². The van der Waals surface area contributed by atoms with E-state index in [-0.39, 0.29) is 69.4 Å². The topological polar surface area (TPSA) is 77.8 Å². The minimum absolute atomic E-state index is 0. The fourth-order valence-electron chi connectivity index (χ4n) is 0. The first kappa shape index (κ1) is 16.2. The van der Waals surface area contributed by atoms with Crippen molar-refractivity contribution < 1.29 is 19.2 Å². The zero-order valence-electron chi connectivity index (χ0n) is 2.90. The number of rotatable bonds is 0. The van der Waals surface area contributed by atoms with Gasteiger partial charge in [-0.15, -0.1) is 0 Å². The summed E-state index contributed by atoms with van der Waals surface area (Å²) in [7, 11) is -4.64. The van der Waals surface area contributed by atoms with Gasteiger partial charge in [-0.1, -0.05) is 0 Å². The van der Waals surface area contributed by atoms with Crippen molar-refractivity contribution in [2.45, 2.75) is 0 Å². The first-order valence-corrected chi connectivity index (χ1v) is 2.35. The van der Waals surface area contributed by atoms with Crippen molar-refractivity contribution in [2.75, 3.05) is 0 Å². The molecule has 0 fully saturated rings. The van der Waals surface area contributed by atoms with Crippen LogP contribution in [0.1, 0.15) is 0 Å². The molecule has 0 aromatic rings. The molecule has 0 spiro atoms. The van der Waals surface area contributed by atoms with Gasteiger partial charge in [-0.25, -0.2) is 4.57 Å². The summed E-state index contributed by atoms with van der Waals surface area (Å²) in [6.45, 7) is 0.